The van der Waals surface area contributed by atoms with E-state index < -0.39 is 41.7 Å². The molecule has 0 fully saturated rings. The monoisotopic (exact) mass is 840 g/mol. The third kappa shape index (κ3) is 9.24. The van der Waals surface area contributed by atoms with Crippen LogP contribution in [0.3, 0.4) is 0 Å². The minimum Gasteiger partial charge on any atom is -0.493 e. The van der Waals surface area contributed by atoms with Gasteiger partial charge >= 0.3 is 23.5 Å². The normalized spacial score (nSPS) is 13.8. The van der Waals surface area contributed by atoms with Crippen LogP contribution in [0, 0.1) is 17.8 Å². The Labute approximate surface area is 354 Å². The van der Waals surface area contributed by atoms with Gasteiger partial charge < -0.3 is 54.6 Å². The van der Waals surface area contributed by atoms with Gasteiger partial charge in [0, 0.05) is 34.5 Å². The molecular formula is C46H56N4O11. The first-order valence-corrected chi connectivity index (χ1v) is 20.5. The number of nitrogens with two attached hydrogens (primary N) is 3. The molecule has 5 aromatic rings. The topological polar surface area (TPSA) is 220 Å². The van der Waals surface area contributed by atoms with E-state index in [9.17, 15) is 19.2 Å². The van der Waals surface area contributed by atoms with E-state index in [0.717, 1.165) is 5.56 Å². The maximum Gasteiger partial charge on any atom is 0.361 e. The molecule has 6 rings (SSSR count). The number of carbonyl (C=O) groups excluding carboxylic acids is 3. The number of carbonyl (C=O) groups is 3. The van der Waals surface area contributed by atoms with Crippen molar-refractivity contribution in [1.29, 1.82) is 0 Å². The highest BCUT2D eigenvalue weighted by Crippen LogP contribution is 2.50. The molecule has 6 N–H and O–H groups in total. The number of benzene rings is 3. The first kappa shape index (κ1) is 44.6. The number of aryl methyl sites for hydroxylation is 2. The summed E-state index contributed by atoms with van der Waals surface area (Å²) in [6, 6.07) is 9.16. The van der Waals surface area contributed by atoms with Gasteiger partial charge in [0.25, 0.3) is 0 Å². The van der Waals surface area contributed by atoms with Crippen molar-refractivity contribution in [3.05, 3.63) is 58.4 Å². The maximum absolute atomic E-state index is 14.3. The van der Waals surface area contributed by atoms with Gasteiger partial charge in [-0.3, -0.25) is 0 Å². The Morgan fingerprint density at radius 1 is 0.656 bits per heavy atom. The number of aromatic nitrogens is 1. The molecule has 0 saturated carbocycles. The smallest absolute Gasteiger partial charge is 0.361 e. The molecule has 0 radical (unpaired) electrons. The summed E-state index contributed by atoms with van der Waals surface area (Å²) in [7, 11) is 4.37. The second-order valence-electron chi connectivity index (χ2n) is 16.7. The minimum absolute atomic E-state index is 0.0287. The zero-order valence-corrected chi connectivity index (χ0v) is 36.2. The summed E-state index contributed by atoms with van der Waals surface area (Å²) >= 11 is 0. The third-order valence-corrected chi connectivity index (χ3v) is 10.6. The molecule has 1 aliphatic rings. The molecule has 2 aromatic heterocycles. The van der Waals surface area contributed by atoms with Crippen molar-refractivity contribution in [2.45, 2.75) is 91.9 Å². The summed E-state index contributed by atoms with van der Waals surface area (Å²) in [6.07, 6.45) is 1.72. The van der Waals surface area contributed by atoms with Crippen molar-refractivity contribution in [1.82, 2.24) is 4.57 Å². The molecule has 0 amide bonds. The quantitative estimate of drug-likeness (QED) is 0.0549. The fourth-order valence-corrected chi connectivity index (χ4v) is 7.86. The van der Waals surface area contributed by atoms with Gasteiger partial charge in [0.15, 0.2) is 34.5 Å². The summed E-state index contributed by atoms with van der Waals surface area (Å²) < 4.78 is 42.5. The van der Waals surface area contributed by atoms with Crippen molar-refractivity contribution in [3.8, 4) is 56.9 Å². The van der Waals surface area contributed by atoms with Crippen LogP contribution in [0.15, 0.2) is 51.7 Å². The standard InChI is InChI=1S/C46H56N4O11/c1-22(2)14-29(47)43(51)58-32-11-10-26(18-34(32)55-7)39-40-28-20-36(57-9)38(61-45(53)31(49)16-24(5)6)21-33(28)59-46(54)42(40)50-13-12-25-17-37(35(56-8)19-27(25)41(39)50)60-44(52)30(48)15-23(3)4/h10-11,17-24,29-31H,12-16,47-49H2,1-9H3/t29-,30-,31-/m0/s1. The predicted molar refractivity (Wildman–Crippen MR) is 231 cm³/mol. The van der Waals surface area contributed by atoms with Crippen LogP contribution in [-0.4, -0.2) is 61.9 Å². The average Bonchev–Trinajstić information content (AvgIpc) is 3.56. The first-order valence-electron chi connectivity index (χ1n) is 20.5. The van der Waals surface area contributed by atoms with Crippen LogP contribution < -0.4 is 51.2 Å². The Balaban J connectivity index is 1.60. The molecule has 3 aromatic carbocycles. The van der Waals surface area contributed by atoms with Gasteiger partial charge in [-0.1, -0.05) is 47.6 Å². The lowest BCUT2D eigenvalue weighted by Gasteiger charge is -2.24. The van der Waals surface area contributed by atoms with Crippen molar-refractivity contribution in [3.63, 3.8) is 0 Å². The molecule has 15 heteroatoms. The Hall–Kier alpha value is -5.90. The van der Waals surface area contributed by atoms with Crippen molar-refractivity contribution >= 4 is 39.8 Å². The van der Waals surface area contributed by atoms with Crippen LogP contribution >= 0.6 is 0 Å². The number of fused-ring (bicyclic) bond motifs is 7. The van der Waals surface area contributed by atoms with E-state index >= 15 is 0 Å². The fourth-order valence-electron chi connectivity index (χ4n) is 7.86. The van der Waals surface area contributed by atoms with Gasteiger partial charge in [0.05, 0.1) is 27.0 Å². The van der Waals surface area contributed by atoms with Crippen LogP contribution in [0.2, 0.25) is 0 Å². The van der Waals surface area contributed by atoms with Gasteiger partial charge in [-0.05, 0) is 84.9 Å². The van der Waals surface area contributed by atoms with Crippen LogP contribution in [-0.2, 0) is 27.3 Å². The molecule has 3 heterocycles. The lowest BCUT2D eigenvalue weighted by molar-refractivity contribution is -0.137. The summed E-state index contributed by atoms with van der Waals surface area (Å²) in [5, 5.41) is 0.976. The molecule has 326 valence electrons. The lowest BCUT2D eigenvalue weighted by atomic mass is 9.91. The number of ether oxygens (including phenoxy) is 6. The average molecular weight is 841 g/mol. The Kier molecular flexibility index (Phi) is 13.5. The van der Waals surface area contributed by atoms with E-state index in [1.165, 1.54) is 27.4 Å². The van der Waals surface area contributed by atoms with Gasteiger partial charge in [0.2, 0.25) is 0 Å². The molecule has 0 saturated heterocycles. The Morgan fingerprint density at radius 2 is 1.15 bits per heavy atom. The predicted octanol–water partition coefficient (Wildman–Crippen LogP) is 6.50. The number of methoxy groups -OCH3 is 3. The van der Waals surface area contributed by atoms with Gasteiger partial charge in [-0.2, -0.15) is 0 Å². The van der Waals surface area contributed by atoms with Gasteiger partial charge in [-0.25, -0.2) is 19.2 Å². The van der Waals surface area contributed by atoms with Gasteiger partial charge in [-0.15, -0.1) is 0 Å². The molecule has 0 spiro atoms. The van der Waals surface area contributed by atoms with Crippen molar-refractivity contribution in [2.75, 3.05) is 21.3 Å². The molecule has 0 bridgehead atoms. The van der Waals surface area contributed by atoms with E-state index in [2.05, 4.69) is 0 Å². The zero-order valence-electron chi connectivity index (χ0n) is 36.2. The molecule has 0 aliphatic carbocycles. The summed E-state index contributed by atoms with van der Waals surface area (Å²) in [4.78, 5) is 53.5. The highest BCUT2D eigenvalue weighted by atomic mass is 16.6. The lowest BCUT2D eigenvalue weighted by Crippen LogP contribution is -2.35. The second-order valence-corrected chi connectivity index (χ2v) is 16.7. The summed E-state index contributed by atoms with van der Waals surface area (Å²) in [5.41, 5.74) is 21.5. The minimum atomic E-state index is -0.888. The maximum atomic E-state index is 14.3. The van der Waals surface area contributed by atoms with Gasteiger partial charge in [0.1, 0.15) is 29.2 Å². The van der Waals surface area contributed by atoms with Crippen molar-refractivity contribution in [2.24, 2.45) is 35.0 Å². The number of hydrogen-bond acceptors (Lipinski definition) is 14. The molecule has 15 nitrogen and oxygen atoms in total. The highest BCUT2D eigenvalue weighted by Gasteiger charge is 2.32. The number of esters is 3. The molecule has 3 atom stereocenters. The van der Waals surface area contributed by atoms with Crippen LogP contribution in [0.4, 0.5) is 0 Å². The molecule has 61 heavy (non-hydrogen) atoms. The number of hydrogen-bond donors (Lipinski definition) is 3. The highest BCUT2D eigenvalue weighted by molar-refractivity contribution is 6.17. The van der Waals surface area contributed by atoms with Crippen LogP contribution in [0.5, 0.6) is 34.5 Å². The molecule has 0 unspecified atom stereocenters. The van der Waals surface area contributed by atoms with E-state index in [-0.39, 0.29) is 63.4 Å². The third-order valence-electron chi connectivity index (χ3n) is 10.6. The Bertz CT molecular complexity index is 2540. The van der Waals surface area contributed by atoms with Crippen LogP contribution in [0.25, 0.3) is 44.3 Å². The summed E-state index contributed by atoms with van der Waals surface area (Å²) in [6.45, 7) is 12.1. The van der Waals surface area contributed by atoms with E-state index in [1.807, 2.05) is 46.1 Å². The summed E-state index contributed by atoms with van der Waals surface area (Å²) in [5.74, 6) is -0.247. The zero-order chi connectivity index (χ0) is 44.4. The largest absolute Gasteiger partial charge is 0.493 e. The second kappa shape index (κ2) is 18.4. The fraction of sp³-hybridized carbons (Fsp3) is 0.435. The first-order chi connectivity index (χ1) is 28.9. The van der Waals surface area contributed by atoms with E-state index in [0.29, 0.717) is 65.4 Å². The molecule has 1 aliphatic heterocycles. The van der Waals surface area contributed by atoms with Crippen LogP contribution in [0.1, 0.15) is 66.4 Å². The van der Waals surface area contributed by atoms with Crippen molar-refractivity contribution < 1.29 is 47.2 Å². The SMILES string of the molecule is COc1cc(-c2c3n(c4c(=O)oc5cc(OC(=O)[C@@H](N)CC(C)C)c(OC)cc5c24)CCc2cc(OC(=O)[C@@H](N)CC(C)C)c(OC)cc2-3)ccc1OC(=O)[C@@H](N)CC(C)C. The van der Waals surface area contributed by atoms with E-state index in [1.54, 1.807) is 36.4 Å². The number of nitrogens with zero attached hydrogens (tertiary/aromatic N) is 1. The number of rotatable bonds is 16. The Morgan fingerprint density at radius 3 is 1.67 bits per heavy atom. The van der Waals surface area contributed by atoms with E-state index in [4.69, 9.17) is 50.0 Å². The molecular weight excluding hydrogens is 785 g/mol.